The second-order valence-corrected chi connectivity index (χ2v) is 4.61. The summed E-state index contributed by atoms with van der Waals surface area (Å²) in [6.07, 6.45) is 0. The van der Waals surface area contributed by atoms with Gasteiger partial charge >= 0.3 is 5.97 Å². The van der Waals surface area contributed by atoms with Gasteiger partial charge in [-0.1, -0.05) is 17.3 Å². The first-order valence-corrected chi connectivity index (χ1v) is 6.67. The van der Waals surface area contributed by atoms with Gasteiger partial charge in [-0.2, -0.15) is 4.98 Å². The minimum absolute atomic E-state index is 0.0182. The smallest absolute Gasteiger partial charge is 0.335 e. The zero-order chi connectivity index (χ0) is 16.2. The number of nitrogens with zero attached hydrogens (tertiary/aromatic N) is 2. The van der Waals surface area contributed by atoms with Crippen LogP contribution in [-0.4, -0.2) is 21.2 Å². The van der Waals surface area contributed by atoms with Crippen LogP contribution in [0, 0.1) is 5.82 Å². The fourth-order valence-electron chi connectivity index (χ4n) is 1.90. The van der Waals surface area contributed by atoms with Crippen molar-refractivity contribution < 1.29 is 23.6 Å². The van der Waals surface area contributed by atoms with Crippen LogP contribution in [0.3, 0.4) is 0 Å². The van der Waals surface area contributed by atoms with Crippen LogP contribution in [0.2, 0.25) is 0 Å². The van der Waals surface area contributed by atoms with Gasteiger partial charge in [0.05, 0.1) is 11.1 Å². The summed E-state index contributed by atoms with van der Waals surface area (Å²) in [5.41, 5.74) is 0.385. The largest absolute Gasteiger partial charge is 0.485 e. The molecule has 23 heavy (non-hydrogen) atoms. The maximum Gasteiger partial charge on any atom is 0.335 e. The lowest BCUT2D eigenvalue weighted by Gasteiger charge is -2.03. The number of ether oxygens (including phenoxy) is 1. The van der Waals surface area contributed by atoms with E-state index >= 15 is 0 Å². The molecule has 0 aliphatic heterocycles. The van der Waals surface area contributed by atoms with Crippen molar-refractivity contribution in [1.29, 1.82) is 0 Å². The van der Waals surface area contributed by atoms with Gasteiger partial charge in [0.2, 0.25) is 5.82 Å². The van der Waals surface area contributed by atoms with Crippen LogP contribution in [0.15, 0.2) is 53.1 Å². The Hall–Kier alpha value is -3.22. The number of hydrogen-bond acceptors (Lipinski definition) is 5. The van der Waals surface area contributed by atoms with Gasteiger partial charge in [0.15, 0.2) is 6.61 Å². The molecule has 2 aromatic carbocycles. The summed E-state index contributed by atoms with van der Waals surface area (Å²) >= 11 is 0. The highest BCUT2D eigenvalue weighted by atomic mass is 19.1. The van der Waals surface area contributed by atoms with E-state index < -0.39 is 11.8 Å². The molecule has 0 spiro atoms. The van der Waals surface area contributed by atoms with E-state index in [-0.39, 0.29) is 29.4 Å². The number of benzene rings is 2. The third-order valence-electron chi connectivity index (χ3n) is 3.04. The predicted molar refractivity (Wildman–Crippen MR) is 77.4 cm³/mol. The molecule has 0 aliphatic rings. The minimum Gasteiger partial charge on any atom is -0.485 e. The van der Waals surface area contributed by atoms with Gasteiger partial charge in [-0.25, -0.2) is 9.18 Å². The molecular weight excluding hydrogens is 303 g/mol. The molecule has 1 N–H and O–H groups in total. The van der Waals surface area contributed by atoms with E-state index in [0.717, 1.165) is 0 Å². The van der Waals surface area contributed by atoms with Gasteiger partial charge in [-0.3, -0.25) is 0 Å². The molecule has 0 unspecified atom stereocenters. The van der Waals surface area contributed by atoms with Crippen molar-refractivity contribution in [2.24, 2.45) is 0 Å². The molecule has 0 bridgehead atoms. The van der Waals surface area contributed by atoms with Crippen LogP contribution in [0.4, 0.5) is 4.39 Å². The molecule has 0 saturated heterocycles. The molecule has 7 heteroatoms. The normalized spacial score (nSPS) is 10.5. The van der Waals surface area contributed by atoms with E-state index in [4.69, 9.17) is 14.4 Å². The maximum absolute atomic E-state index is 13.6. The highest BCUT2D eigenvalue weighted by Crippen LogP contribution is 2.21. The lowest BCUT2D eigenvalue weighted by Crippen LogP contribution is -1.99. The minimum atomic E-state index is -1.01. The van der Waals surface area contributed by atoms with Crippen molar-refractivity contribution >= 4 is 5.97 Å². The number of aromatic nitrogens is 2. The van der Waals surface area contributed by atoms with Crippen LogP contribution < -0.4 is 4.74 Å². The average molecular weight is 314 g/mol. The molecule has 3 rings (SSSR count). The summed E-state index contributed by atoms with van der Waals surface area (Å²) in [5.74, 6) is -0.669. The molecule has 0 fully saturated rings. The van der Waals surface area contributed by atoms with Crippen LogP contribution in [0.1, 0.15) is 16.2 Å². The van der Waals surface area contributed by atoms with E-state index in [1.54, 1.807) is 12.1 Å². The molecule has 0 saturated carbocycles. The highest BCUT2D eigenvalue weighted by Gasteiger charge is 2.13. The Morgan fingerprint density at radius 1 is 1.17 bits per heavy atom. The summed E-state index contributed by atoms with van der Waals surface area (Å²) in [7, 11) is 0. The lowest BCUT2D eigenvalue weighted by molar-refractivity contribution is 0.0697. The molecule has 0 aliphatic carbocycles. The Balaban J connectivity index is 1.68. The fraction of sp³-hybridized carbons (Fsp3) is 0.0625. The quantitative estimate of drug-likeness (QED) is 0.778. The summed E-state index contributed by atoms with van der Waals surface area (Å²) in [6.45, 7) is 0.0182. The Morgan fingerprint density at radius 2 is 1.91 bits per heavy atom. The van der Waals surface area contributed by atoms with Crippen molar-refractivity contribution in [2.75, 3.05) is 0 Å². The number of aromatic carboxylic acids is 1. The SMILES string of the molecule is O=C(O)c1ccc(OCc2noc(-c3ccccc3F)n2)cc1. The van der Waals surface area contributed by atoms with Crippen LogP contribution in [0.25, 0.3) is 11.5 Å². The molecule has 3 aromatic rings. The van der Waals surface area contributed by atoms with Crippen LogP contribution in [0.5, 0.6) is 5.75 Å². The van der Waals surface area contributed by atoms with E-state index in [2.05, 4.69) is 10.1 Å². The first-order valence-electron chi connectivity index (χ1n) is 6.67. The number of hydrogen-bond donors (Lipinski definition) is 1. The van der Waals surface area contributed by atoms with Crippen LogP contribution in [-0.2, 0) is 6.61 Å². The monoisotopic (exact) mass is 314 g/mol. The standard InChI is InChI=1S/C16H11FN2O4/c17-13-4-2-1-3-12(13)15-18-14(19-23-15)9-22-11-7-5-10(6-8-11)16(20)21/h1-8H,9H2,(H,20,21). The number of carbonyl (C=O) groups is 1. The van der Waals surface area contributed by atoms with E-state index in [9.17, 15) is 9.18 Å². The van der Waals surface area contributed by atoms with Gasteiger partial charge in [0.1, 0.15) is 11.6 Å². The predicted octanol–water partition coefficient (Wildman–Crippen LogP) is 3.15. The van der Waals surface area contributed by atoms with E-state index in [1.807, 2.05) is 0 Å². The summed E-state index contributed by atoms with van der Waals surface area (Å²) in [4.78, 5) is 14.8. The molecule has 6 nitrogen and oxygen atoms in total. The number of carboxylic acids is 1. The second kappa shape index (κ2) is 6.27. The van der Waals surface area contributed by atoms with Gasteiger partial charge < -0.3 is 14.4 Å². The summed E-state index contributed by atoms with van der Waals surface area (Å²) in [5, 5.41) is 12.5. The Morgan fingerprint density at radius 3 is 2.61 bits per heavy atom. The number of carboxylic acid groups (broad SMARTS) is 1. The first-order chi connectivity index (χ1) is 11.1. The van der Waals surface area contributed by atoms with E-state index in [0.29, 0.717) is 5.75 Å². The van der Waals surface area contributed by atoms with Crippen molar-refractivity contribution in [3.8, 4) is 17.2 Å². The zero-order valence-corrected chi connectivity index (χ0v) is 11.8. The second-order valence-electron chi connectivity index (χ2n) is 4.61. The fourth-order valence-corrected chi connectivity index (χ4v) is 1.90. The molecule has 0 atom stereocenters. The molecule has 0 radical (unpaired) electrons. The number of halogens is 1. The average Bonchev–Trinajstić information content (AvgIpc) is 3.02. The van der Waals surface area contributed by atoms with Crippen molar-refractivity contribution in [1.82, 2.24) is 10.1 Å². The Labute approximate surface area is 130 Å². The van der Waals surface area contributed by atoms with Gasteiger partial charge in [0.25, 0.3) is 5.89 Å². The first kappa shape index (κ1) is 14.7. The molecule has 1 aromatic heterocycles. The van der Waals surface area contributed by atoms with Crippen molar-refractivity contribution in [3.05, 3.63) is 65.7 Å². The van der Waals surface area contributed by atoms with Crippen molar-refractivity contribution in [3.63, 3.8) is 0 Å². The van der Waals surface area contributed by atoms with Gasteiger partial charge in [-0.15, -0.1) is 0 Å². The highest BCUT2D eigenvalue weighted by molar-refractivity contribution is 5.87. The summed E-state index contributed by atoms with van der Waals surface area (Å²) < 4.78 is 24.1. The topological polar surface area (TPSA) is 85.5 Å². The third-order valence-corrected chi connectivity index (χ3v) is 3.04. The molecular formula is C16H11FN2O4. The molecule has 0 amide bonds. The maximum atomic E-state index is 13.6. The van der Waals surface area contributed by atoms with Gasteiger partial charge in [0, 0.05) is 0 Å². The molecule has 1 heterocycles. The Kier molecular flexibility index (Phi) is 4.01. The van der Waals surface area contributed by atoms with Crippen LogP contribution >= 0.6 is 0 Å². The summed E-state index contributed by atoms with van der Waals surface area (Å²) in [6, 6.07) is 12.0. The molecule has 116 valence electrons. The number of rotatable bonds is 5. The third kappa shape index (κ3) is 3.34. The van der Waals surface area contributed by atoms with Gasteiger partial charge in [-0.05, 0) is 36.4 Å². The van der Waals surface area contributed by atoms with Crippen molar-refractivity contribution in [2.45, 2.75) is 6.61 Å². The van der Waals surface area contributed by atoms with E-state index in [1.165, 1.54) is 36.4 Å². The zero-order valence-electron chi connectivity index (χ0n) is 11.8. The lowest BCUT2D eigenvalue weighted by atomic mass is 10.2. The Bertz CT molecular complexity index is 830.